The van der Waals surface area contributed by atoms with Crippen LogP contribution in [-0.2, 0) is 15.7 Å². The van der Waals surface area contributed by atoms with Crippen LogP contribution in [0.5, 0.6) is 0 Å². The Morgan fingerprint density at radius 1 is 1.33 bits per heavy atom. The zero-order chi connectivity index (χ0) is 22.1. The number of nitrogens with one attached hydrogen (secondary N) is 1. The number of dihydropyridines is 1. The third kappa shape index (κ3) is 4.50. The molecule has 0 spiro atoms. The van der Waals surface area contributed by atoms with E-state index in [1.54, 1.807) is 6.92 Å². The van der Waals surface area contributed by atoms with Crippen molar-refractivity contribution in [1.82, 2.24) is 5.32 Å². The van der Waals surface area contributed by atoms with Crippen LogP contribution in [-0.4, -0.2) is 12.6 Å². The molecule has 160 valence electrons. The molecule has 1 atom stereocenters. The second kappa shape index (κ2) is 8.50. The fourth-order valence-electron chi connectivity index (χ4n) is 3.61. The number of carbonyl (C=O) groups is 1. The van der Waals surface area contributed by atoms with E-state index in [-0.39, 0.29) is 29.4 Å². The van der Waals surface area contributed by atoms with E-state index in [1.165, 1.54) is 0 Å². The van der Waals surface area contributed by atoms with Crippen molar-refractivity contribution < 1.29 is 27.1 Å². The predicted octanol–water partition coefficient (Wildman–Crippen LogP) is 5.69. The van der Waals surface area contributed by atoms with Crippen molar-refractivity contribution in [3.05, 3.63) is 69.2 Å². The molecule has 1 fully saturated rings. The number of esters is 1. The lowest BCUT2D eigenvalue weighted by atomic mass is 9.81. The van der Waals surface area contributed by atoms with Crippen LogP contribution in [0.25, 0.3) is 4.85 Å². The van der Waals surface area contributed by atoms with Gasteiger partial charge in [-0.1, -0.05) is 19.4 Å². The Labute approximate surface area is 172 Å². The Bertz CT molecular complexity index is 953. The molecule has 30 heavy (non-hydrogen) atoms. The Hall–Kier alpha value is -2.82. The topological polar surface area (TPSA) is 42.7 Å². The van der Waals surface area contributed by atoms with Gasteiger partial charge in [0.1, 0.15) is 5.82 Å². The van der Waals surface area contributed by atoms with Crippen LogP contribution < -0.4 is 5.32 Å². The highest BCUT2D eigenvalue weighted by Gasteiger charge is 2.42. The van der Waals surface area contributed by atoms with E-state index >= 15 is 0 Å². The van der Waals surface area contributed by atoms with Gasteiger partial charge in [0, 0.05) is 11.4 Å². The molecule has 0 aromatic heterocycles. The van der Waals surface area contributed by atoms with Gasteiger partial charge in [0.25, 0.3) is 0 Å². The molecule has 1 aliphatic carbocycles. The van der Waals surface area contributed by atoms with E-state index in [0.29, 0.717) is 30.3 Å². The molecule has 3 rings (SSSR count). The summed E-state index contributed by atoms with van der Waals surface area (Å²) < 4.78 is 60.3. The summed E-state index contributed by atoms with van der Waals surface area (Å²) in [5, 5.41) is 3.01. The predicted molar refractivity (Wildman–Crippen MR) is 102 cm³/mol. The van der Waals surface area contributed by atoms with Gasteiger partial charge in [0.15, 0.2) is 5.70 Å². The van der Waals surface area contributed by atoms with Crippen molar-refractivity contribution in [2.24, 2.45) is 5.92 Å². The quantitative estimate of drug-likeness (QED) is 0.364. The number of nitrogens with zero attached hydrogens (tertiary/aromatic N) is 1. The first-order valence-electron chi connectivity index (χ1n) is 9.79. The Balaban J connectivity index is 2.18. The van der Waals surface area contributed by atoms with Crippen LogP contribution in [0.3, 0.4) is 0 Å². The first kappa shape index (κ1) is 21.9. The first-order valence-corrected chi connectivity index (χ1v) is 9.79. The average molecular weight is 422 g/mol. The molecule has 0 radical (unpaired) electrons. The van der Waals surface area contributed by atoms with Gasteiger partial charge in [-0.15, -0.1) is 0 Å². The monoisotopic (exact) mass is 422 g/mol. The molecule has 4 nitrogen and oxygen atoms in total. The third-order valence-electron chi connectivity index (χ3n) is 5.23. The Kier molecular flexibility index (Phi) is 6.20. The summed E-state index contributed by atoms with van der Waals surface area (Å²) in [7, 11) is 0. The average Bonchev–Trinajstić information content (AvgIpc) is 3.50. The molecule has 0 bridgehead atoms. The number of benzene rings is 1. The largest absolute Gasteiger partial charge is 0.462 e. The number of allylic oxidation sites excluding steroid dienone is 3. The summed E-state index contributed by atoms with van der Waals surface area (Å²) in [5.41, 5.74) is -0.772. The molecule has 1 N–H and O–H groups in total. The van der Waals surface area contributed by atoms with Gasteiger partial charge >= 0.3 is 12.1 Å². The Morgan fingerprint density at radius 2 is 2.03 bits per heavy atom. The lowest BCUT2D eigenvalue weighted by Gasteiger charge is -2.31. The molecule has 1 saturated carbocycles. The van der Waals surface area contributed by atoms with Crippen LogP contribution in [0.1, 0.15) is 56.6 Å². The molecule has 1 heterocycles. The molecule has 8 heteroatoms. The number of rotatable bonds is 6. The van der Waals surface area contributed by atoms with Gasteiger partial charge in [0.2, 0.25) is 0 Å². The number of carbonyl (C=O) groups excluding carboxylic acids is 1. The SMILES string of the molecule is [C-]#[N+]C1=C(C)NC(CCC)=C(C(=O)OCC2CC2)C1c1ccc(F)cc1C(F)(F)F. The molecular formula is C22H22F4N2O2. The molecule has 1 aromatic carbocycles. The van der Waals surface area contributed by atoms with Crippen molar-refractivity contribution in [3.63, 3.8) is 0 Å². The highest BCUT2D eigenvalue weighted by Crippen LogP contribution is 2.45. The molecule has 1 unspecified atom stereocenters. The van der Waals surface area contributed by atoms with Gasteiger partial charge in [-0.25, -0.2) is 14.0 Å². The number of hydrogen-bond donors (Lipinski definition) is 1. The van der Waals surface area contributed by atoms with Crippen LogP contribution in [0, 0.1) is 18.3 Å². The van der Waals surface area contributed by atoms with Crippen molar-refractivity contribution in [1.29, 1.82) is 0 Å². The van der Waals surface area contributed by atoms with Gasteiger partial charge < -0.3 is 10.1 Å². The van der Waals surface area contributed by atoms with Gasteiger partial charge in [-0.05, 0) is 49.8 Å². The summed E-state index contributed by atoms with van der Waals surface area (Å²) in [6.07, 6.45) is -1.94. The maximum atomic E-state index is 13.7. The normalized spacial score (nSPS) is 19.4. The van der Waals surface area contributed by atoms with Gasteiger partial charge in [-0.3, -0.25) is 0 Å². The van der Waals surface area contributed by atoms with Crippen molar-refractivity contribution in [2.45, 2.75) is 51.6 Å². The second-order valence-electron chi connectivity index (χ2n) is 7.59. The lowest BCUT2D eigenvalue weighted by Crippen LogP contribution is -2.30. The highest BCUT2D eigenvalue weighted by atomic mass is 19.4. The van der Waals surface area contributed by atoms with Crippen molar-refractivity contribution in [2.75, 3.05) is 6.61 Å². The molecular weight excluding hydrogens is 400 g/mol. The fraction of sp³-hybridized carbons (Fsp3) is 0.455. The van der Waals surface area contributed by atoms with Crippen LogP contribution in [0.4, 0.5) is 17.6 Å². The summed E-state index contributed by atoms with van der Waals surface area (Å²) in [6, 6.07) is 2.32. The maximum absolute atomic E-state index is 13.7. The molecule has 1 aliphatic heterocycles. The number of halogens is 4. The molecule has 2 aliphatic rings. The minimum atomic E-state index is -4.85. The van der Waals surface area contributed by atoms with E-state index in [9.17, 15) is 22.4 Å². The summed E-state index contributed by atoms with van der Waals surface area (Å²) in [4.78, 5) is 16.4. The smallest absolute Gasteiger partial charge is 0.416 e. The maximum Gasteiger partial charge on any atom is 0.416 e. The highest BCUT2D eigenvalue weighted by molar-refractivity contribution is 5.93. The molecule has 0 saturated heterocycles. The second-order valence-corrected chi connectivity index (χ2v) is 7.59. The molecule has 1 aromatic rings. The Morgan fingerprint density at radius 3 is 2.60 bits per heavy atom. The van der Waals surface area contributed by atoms with E-state index in [4.69, 9.17) is 11.3 Å². The van der Waals surface area contributed by atoms with E-state index in [2.05, 4.69) is 10.2 Å². The number of hydrogen-bond acceptors (Lipinski definition) is 3. The van der Waals surface area contributed by atoms with Crippen molar-refractivity contribution in [3.8, 4) is 0 Å². The zero-order valence-electron chi connectivity index (χ0n) is 16.7. The van der Waals surface area contributed by atoms with E-state index in [0.717, 1.165) is 25.0 Å². The number of alkyl halides is 3. The summed E-state index contributed by atoms with van der Waals surface area (Å²) >= 11 is 0. The van der Waals surface area contributed by atoms with Crippen molar-refractivity contribution >= 4 is 5.97 Å². The fourth-order valence-corrected chi connectivity index (χ4v) is 3.61. The standard InChI is InChI=1S/C22H22F4N2O2/c1-4-5-17-19(21(29)30-11-13-6-7-13)18(20(27-3)12(2)28-17)15-9-8-14(23)10-16(15)22(24,25)26/h8-10,13,18,28H,4-7,11H2,1-2H3. The summed E-state index contributed by atoms with van der Waals surface area (Å²) in [5.74, 6) is -2.79. The lowest BCUT2D eigenvalue weighted by molar-refractivity contribution is -0.141. The van der Waals surface area contributed by atoms with Gasteiger partial charge in [0.05, 0.1) is 30.2 Å². The van der Waals surface area contributed by atoms with Crippen LogP contribution in [0.15, 0.2) is 40.9 Å². The molecule has 0 amide bonds. The van der Waals surface area contributed by atoms with E-state index < -0.39 is 29.4 Å². The third-order valence-corrected chi connectivity index (χ3v) is 5.23. The minimum Gasteiger partial charge on any atom is -0.462 e. The zero-order valence-corrected chi connectivity index (χ0v) is 16.7. The summed E-state index contributed by atoms with van der Waals surface area (Å²) in [6.45, 7) is 11.2. The van der Waals surface area contributed by atoms with E-state index in [1.807, 2.05) is 6.92 Å². The minimum absolute atomic E-state index is 0.00814. The van der Waals surface area contributed by atoms with Crippen LogP contribution >= 0.6 is 0 Å². The van der Waals surface area contributed by atoms with Gasteiger partial charge in [-0.2, -0.15) is 13.2 Å². The number of ether oxygens (including phenoxy) is 1. The first-order chi connectivity index (χ1) is 14.2. The van der Waals surface area contributed by atoms with Crippen LogP contribution in [0.2, 0.25) is 0 Å².